The van der Waals surface area contributed by atoms with Gasteiger partial charge in [0.2, 0.25) is 0 Å². The van der Waals surface area contributed by atoms with E-state index in [1.54, 1.807) is 0 Å². The lowest BCUT2D eigenvalue weighted by Crippen LogP contribution is -2.44. The summed E-state index contributed by atoms with van der Waals surface area (Å²) >= 11 is 0. The minimum absolute atomic E-state index is 0.0150. The summed E-state index contributed by atoms with van der Waals surface area (Å²) in [5.74, 6) is 0.227. The van der Waals surface area contributed by atoms with Crippen molar-refractivity contribution in [3.05, 3.63) is 84.4 Å². The van der Waals surface area contributed by atoms with Gasteiger partial charge in [0.15, 0.2) is 0 Å². The molecule has 0 aliphatic carbocycles. The second-order valence-electron chi connectivity index (χ2n) is 8.94. The maximum atomic E-state index is 6.55. The van der Waals surface area contributed by atoms with Gasteiger partial charge in [-0.05, 0) is 45.2 Å². The summed E-state index contributed by atoms with van der Waals surface area (Å²) in [7, 11) is 0. The minimum atomic E-state index is -0.432. The van der Waals surface area contributed by atoms with Crippen molar-refractivity contribution < 1.29 is 14.2 Å². The fourth-order valence-electron chi connectivity index (χ4n) is 3.91. The molecular weight excluding hydrogens is 360 g/mol. The fourth-order valence-corrected chi connectivity index (χ4v) is 3.91. The average molecular weight is 395 g/mol. The highest BCUT2D eigenvalue weighted by molar-refractivity contribution is 5.15. The maximum Gasteiger partial charge on any atom is 0.0927 e. The van der Waals surface area contributed by atoms with Gasteiger partial charge in [0.1, 0.15) is 0 Å². The summed E-state index contributed by atoms with van der Waals surface area (Å²) in [6.07, 6.45) is 2.81. The molecule has 0 N–H and O–H groups in total. The number of hydrogen-bond acceptors (Lipinski definition) is 3. The van der Waals surface area contributed by atoms with Gasteiger partial charge in [0.25, 0.3) is 0 Å². The molecule has 3 heteroatoms. The maximum absolute atomic E-state index is 6.55. The highest BCUT2D eigenvalue weighted by atomic mass is 16.6. The van der Waals surface area contributed by atoms with Gasteiger partial charge >= 0.3 is 0 Å². The van der Waals surface area contributed by atoms with Crippen LogP contribution in [0.1, 0.15) is 45.2 Å². The first kappa shape index (κ1) is 21.8. The van der Waals surface area contributed by atoms with Gasteiger partial charge in [0, 0.05) is 5.92 Å². The van der Waals surface area contributed by atoms with Crippen LogP contribution in [0, 0.1) is 5.92 Å². The zero-order valence-electron chi connectivity index (χ0n) is 18.1. The second kappa shape index (κ2) is 9.25. The molecule has 0 bridgehead atoms. The van der Waals surface area contributed by atoms with E-state index in [2.05, 4.69) is 58.5 Å². The Kier molecular flexibility index (Phi) is 6.94. The molecule has 1 saturated heterocycles. The van der Waals surface area contributed by atoms with E-state index in [1.165, 1.54) is 5.56 Å². The second-order valence-corrected chi connectivity index (χ2v) is 8.94. The summed E-state index contributed by atoms with van der Waals surface area (Å²) in [6, 6.07) is 20.5. The van der Waals surface area contributed by atoms with Crippen LogP contribution in [0.25, 0.3) is 0 Å². The highest BCUT2D eigenvalue weighted by Gasteiger charge is 2.48. The van der Waals surface area contributed by atoms with E-state index in [1.807, 2.05) is 42.5 Å². The third kappa shape index (κ3) is 5.57. The van der Waals surface area contributed by atoms with Gasteiger partial charge in [-0.3, -0.25) is 0 Å². The van der Waals surface area contributed by atoms with Gasteiger partial charge in [-0.1, -0.05) is 66.7 Å². The molecule has 2 aromatic rings. The van der Waals surface area contributed by atoms with Crippen LogP contribution >= 0.6 is 0 Å². The van der Waals surface area contributed by atoms with Crippen molar-refractivity contribution in [1.29, 1.82) is 0 Å². The molecule has 1 aliphatic rings. The Morgan fingerprint density at radius 1 is 0.862 bits per heavy atom. The third-order valence-electron chi connectivity index (χ3n) is 5.86. The first-order chi connectivity index (χ1) is 13.8. The van der Waals surface area contributed by atoms with Crippen molar-refractivity contribution in [2.24, 2.45) is 5.92 Å². The molecule has 3 rings (SSSR count). The van der Waals surface area contributed by atoms with Crippen LogP contribution in [-0.4, -0.2) is 23.4 Å². The summed E-state index contributed by atoms with van der Waals surface area (Å²) in [6.45, 7) is 13.6. The van der Waals surface area contributed by atoms with Crippen LogP contribution < -0.4 is 0 Å². The van der Waals surface area contributed by atoms with Crippen molar-refractivity contribution in [3.63, 3.8) is 0 Å². The molecule has 0 radical (unpaired) electrons. The van der Waals surface area contributed by atoms with E-state index in [-0.39, 0.29) is 18.1 Å². The quantitative estimate of drug-likeness (QED) is 0.493. The zero-order chi connectivity index (χ0) is 20.9. The number of benzene rings is 2. The first-order valence-electron chi connectivity index (χ1n) is 10.5. The smallest absolute Gasteiger partial charge is 0.0927 e. The molecular formula is C26H34O3. The van der Waals surface area contributed by atoms with Gasteiger partial charge in [-0.15, -0.1) is 6.58 Å². The Bertz CT molecular complexity index is 767. The Hall–Kier alpha value is -1.94. The van der Waals surface area contributed by atoms with Crippen molar-refractivity contribution >= 4 is 0 Å². The van der Waals surface area contributed by atoms with Crippen LogP contribution in [0.2, 0.25) is 0 Å². The van der Waals surface area contributed by atoms with E-state index in [0.29, 0.717) is 13.2 Å². The molecule has 29 heavy (non-hydrogen) atoms. The van der Waals surface area contributed by atoms with Crippen LogP contribution in [0.4, 0.5) is 0 Å². The molecule has 156 valence electrons. The lowest BCUT2D eigenvalue weighted by atomic mass is 9.86. The van der Waals surface area contributed by atoms with E-state index >= 15 is 0 Å². The van der Waals surface area contributed by atoms with Crippen LogP contribution in [0.15, 0.2) is 73.3 Å². The molecule has 1 aliphatic heterocycles. The lowest BCUT2D eigenvalue weighted by molar-refractivity contribution is -0.175. The standard InChI is InChI=1S/C26H34O3/c1-6-22-17-23(25(2,3)27-18-20-13-9-7-10-14-20)29-24(22)26(4,5)28-19-21-15-11-8-12-16-21/h6-16,22-24H,1,17-19H2,2-5H3/t22-,23-,24+/m0/s1. The molecule has 3 nitrogen and oxygen atoms in total. The Morgan fingerprint density at radius 2 is 1.34 bits per heavy atom. The Labute approximate surface area is 175 Å². The van der Waals surface area contributed by atoms with Gasteiger partial charge in [0.05, 0.1) is 36.6 Å². The zero-order valence-corrected chi connectivity index (χ0v) is 18.1. The monoisotopic (exact) mass is 394 g/mol. The third-order valence-corrected chi connectivity index (χ3v) is 5.86. The van der Waals surface area contributed by atoms with E-state index in [4.69, 9.17) is 14.2 Å². The van der Waals surface area contributed by atoms with Gasteiger partial charge in [-0.25, -0.2) is 0 Å². The molecule has 0 amide bonds. The molecule has 0 saturated carbocycles. The Morgan fingerprint density at radius 3 is 1.83 bits per heavy atom. The Balaban J connectivity index is 1.63. The SMILES string of the molecule is C=C[C@H]1C[C@@H](C(C)(C)OCc2ccccc2)O[C@H]1C(C)(C)OCc1ccccc1. The largest absolute Gasteiger partial charge is 0.368 e. The van der Waals surface area contributed by atoms with Crippen molar-refractivity contribution in [2.75, 3.05) is 0 Å². The predicted molar refractivity (Wildman–Crippen MR) is 118 cm³/mol. The highest BCUT2D eigenvalue weighted by Crippen LogP contribution is 2.41. The average Bonchev–Trinajstić information content (AvgIpc) is 3.19. The normalized spacial score (nSPS) is 22.6. The van der Waals surface area contributed by atoms with Crippen molar-refractivity contribution in [1.82, 2.24) is 0 Å². The van der Waals surface area contributed by atoms with E-state index in [0.717, 1.165) is 12.0 Å². The van der Waals surface area contributed by atoms with Crippen LogP contribution in [-0.2, 0) is 27.4 Å². The lowest BCUT2D eigenvalue weighted by Gasteiger charge is -2.36. The summed E-state index contributed by atoms with van der Waals surface area (Å²) in [5.41, 5.74) is 1.50. The van der Waals surface area contributed by atoms with Gasteiger partial charge < -0.3 is 14.2 Å². The van der Waals surface area contributed by atoms with Crippen LogP contribution in [0.3, 0.4) is 0 Å². The molecule has 0 aromatic heterocycles. The minimum Gasteiger partial charge on any atom is -0.368 e. The number of ether oxygens (including phenoxy) is 3. The molecule has 0 unspecified atom stereocenters. The molecule has 0 spiro atoms. The molecule has 1 heterocycles. The number of hydrogen-bond donors (Lipinski definition) is 0. The topological polar surface area (TPSA) is 27.7 Å². The van der Waals surface area contributed by atoms with Crippen LogP contribution in [0.5, 0.6) is 0 Å². The molecule has 2 aromatic carbocycles. The van der Waals surface area contributed by atoms with Gasteiger partial charge in [-0.2, -0.15) is 0 Å². The summed E-state index contributed by atoms with van der Waals surface area (Å²) in [4.78, 5) is 0. The molecule has 3 atom stereocenters. The fraction of sp³-hybridized carbons (Fsp3) is 0.462. The first-order valence-corrected chi connectivity index (χ1v) is 10.5. The summed E-state index contributed by atoms with van der Waals surface area (Å²) < 4.78 is 19.1. The van der Waals surface area contributed by atoms with E-state index in [9.17, 15) is 0 Å². The molecule has 1 fully saturated rings. The van der Waals surface area contributed by atoms with Crippen molar-refractivity contribution in [3.8, 4) is 0 Å². The number of rotatable bonds is 9. The van der Waals surface area contributed by atoms with Crippen molar-refractivity contribution in [2.45, 2.75) is 70.7 Å². The summed E-state index contributed by atoms with van der Waals surface area (Å²) in [5, 5.41) is 0. The predicted octanol–water partition coefficient (Wildman–Crippen LogP) is 5.94. The van der Waals surface area contributed by atoms with E-state index < -0.39 is 11.2 Å².